The molecule has 0 aromatic heterocycles. The van der Waals surface area contributed by atoms with Crippen LogP contribution in [0.2, 0.25) is 0 Å². The Hall–Kier alpha value is -1.74. The molecule has 25 heavy (non-hydrogen) atoms. The van der Waals surface area contributed by atoms with Crippen LogP contribution in [0.25, 0.3) is 0 Å². The predicted molar refractivity (Wildman–Crippen MR) is 112 cm³/mol. The first-order valence-electron chi connectivity index (χ1n) is 9.27. The van der Waals surface area contributed by atoms with Gasteiger partial charge in [-0.1, -0.05) is 54.7 Å². The van der Waals surface area contributed by atoms with Crippen LogP contribution in [0.1, 0.15) is 50.2 Å². The van der Waals surface area contributed by atoms with Gasteiger partial charge in [-0.2, -0.15) is 0 Å². The first-order valence-corrected chi connectivity index (χ1v) is 10.1. The Labute approximate surface area is 156 Å². The number of aryl methyl sites for hydroxylation is 2. The van der Waals surface area contributed by atoms with Gasteiger partial charge in [0.2, 0.25) is 0 Å². The lowest BCUT2D eigenvalue weighted by Gasteiger charge is -2.30. The number of hydrogen-bond acceptors (Lipinski definition) is 2. The molecule has 0 aliphatic heterocycles. The van der Waals surface area contributed by atoms with E-state index in [1.165, 1.54) is 48.9 Å². The molecule has 3 rings (SSSR count). The quantitative estimate of drug-likeness (QED) is 0.340. The molecular weight excluding hydrogens is 324 g/mol. The van der Waals surface area contributed by atoms with E-state index in [1.807, 2.05) is 11.9 Å². The van der Waals surface area contributed by atoms with Crippen molar-refractivity contribution in [1.82, 2.24) is 0 Å². The zero-order chi connectivity index (χ0) is 17.6. The van der Waals surface area contributed by atoms with Crippen LogP contribution in [0.15, 0.2) is 53.5 Å². The molecule has 3 heteroatoms. The van der Waals surface area contributed by atoms with Gasteiger partial charge in [-0.25, -0.2) is 4.99 Å². The Morgan fingerprint density at radius 2 is 1.44 bits per heavy atom. The summed E-state index contributed by atoms with van der Waals surface area (Å²) in [5, 5.41) is 0.693. The zero-order valence-corrected chi connectivity index (χ0v) is 16.4. The van der Waals surface area contributed by atoms with Crippen molar-refractivity contribution in [1.29, 1.82) is 0 Å². The normalized spacial score (nSPS) is 16.0. The smallest absolute Gasteiger partial charge is 0.116 e. The van der Waals surface area contributed by atoms with E-state index in [-0.39, 0.29) is 0 Å². The standard InChI is InChI=1S/C22H28N2S/c1-17-9-13-20(14-10-17)23-19(3)24(21-15-11-18(2)12-16-21)25-22-7-5-4-6-8-22/h9-16,22H,4-8H2,1-3H3. The van der Waals surface area contributed by atoms with Crippen LogP contribution in [0.3, 0.4) is 0 Å². The lowest BCUT2D eigenvalue weighted by Crippen LogP contribution is -2.25. The van der Waals surface area contributed by atoms with Gasteiger partial charge in [0.25, 0.3) is 0 Å². The van der Waals surface area contributed by atoms with Gasteiger partial charge in [-0.05, 0) is 69.8 Å². The minimum atomic E-state index is 0.693. The summed E-state index contributed by atoms with van der Waals surface area (Å²) in [6.07, 6.45) is 6.72. The first-order chi connectivity index (χ1) is 12.1. The molecule has 0 unspecified atom stereocenters. The van der Waals surface area contributed by atoms with Crippen molar-refractivity contribution >= 4 is 29.2 Å². The second kappa shape index (κ2) is 8.57. The minimum absolute atomic E-state index is 0.693. The van der Waals surface area contributed by atoms with E-state index >= 15 is 0 Å². The van der Waals surface area contributed by atoms with E-state index in [0.29, 0.717) is 5.25 Å². The van der Waals surface area contributed by atoms with Gasteiger partial charge in [-0.15, -0.1) is 0 Å². The highest BCUT2D eigenvalue weighted by Gasteiger charge is 2.20. The Kier molecular flexibility index (Phi) is 6.19. The van der Waals surface area contributed by atoms with Crippen LogP contribution in [0.5, 0.6) is 0 Å². The summed E-state index contributed by atoms with van der Waals surface area (Å²) in [6.45, 7) is 6.36. The molecule has 0 saturated heterocycles. The van der Waals surface area contributed by atoms with Gasteiger partial charge < -0.3 is 0 Å². The maximum atomic E-state index is 4.89. The average Bonchev–Trinajstić information content (AvgIpc) is 2.63. The summed E-state index contributed by atoms with van der Waals surface area (Å²) >= 11 is 1.96. The molecule has 0 amide bonds. The molecule has 0 atom stereocenters. The SMILES string of the molecule is CC(=Nc1ccc(C)cc1)N(SC1CCCCC1)c1ccc(C)cc1. The topological polar surface area (TPSA) is 15.6 Å². The molecule has 0 radical (unpaired) electrons. The maximum Gasteiger partial charge on any atom is 0.116 e. The Bertz CT molecular complexity index is 698. The molecule has 2 aromatic rings. The Morgan fingerprint density at radius 3 is 2.04 bits per heavy atom. The van der Waals surface area contributed by atoms with Crippen LogP contribution < -0.4 is 4.31 Å². The van der Waals surface area contributed by atoms with E-state index in [1.54, 1.807) is 0 Å². The molecular formula is C22H28N2S. The molecule has 1 aliphatic rings. The number of benzene rings is 2. The molecule has 0 bridgehead atoms. The highest BCUT2D eigenvalue weighted by molar-refractivity contribution is 8.02. The van der Waals surface area contributed by atoms with Crippen LogP contribution in [0.4, 0.5) is 11.4 Å². The van der Waals surface area contributed by atoms with Crippen LogP contribution >= 0.6 is 11.9 Å². The summed E-state index contributed by atoms with van der Waals surface area (Å²) in [4.78, 5) is 4.89. The van der Waals surface area contributed by atoms with Crippen molar-refractivity contribution in [2.75, 3.05) is 4.31 Å². The third-order valence-corrected chi connectivity index (χ3v) is 6.15. The van der Waals surface area contributed by atoms with Crippen molar-refractivity contribution in [2.45, 2.75) is 58.1 Å². The maximum absolute atomic E-state index is 4.89. The molecule has 0 spiro atoms. The van der Waals surface area contributed by atoms with Crippen LogP contribution in [-0.2, 0) is 0 Å². The highest BCUT2D eigenvalue weighted by atomic mass is 32.2. The number of nitrogens with zero attached hydrogens (tertiary/aromatic N) is 2. The number of aliphatic imine (C=N–C) groups is 1. The van der Waals surface area contributed by atoms with E-state index < -0.39 is 0 Å². The lowest BCUT2D eigenvalue weighted by molar-refractivity contribution is 0.516. The number of hydrogen-bond donors (Lipinski definition) is 0. The monoisotopic (exact) mass is 352 g/mol. The summed E-state index contributed by atoms with van der Waals surface area (Å²) in [5.74, 6) is 1.04. The van der Waals surface area contributed by atoms with E-state index in [0.717, 1.165) is 11.5 Å². The van der Waals surface area contributed by atoms with Gasteiger partial charge in [0.05, 0.1) is 11.4 Å². The molecule has 2 nitrogen and oxygen atoms in total. The lowest BCUT2D eigenvalue weighted by atomic mass is 10.0. The molecule has 2 aromatic carbocycles. The average molecular weight is 353 g/mol. The Balaban J connectivity index is 1.85. The third kappa shape index (κ3) is 5.12. The molecule has 1 aliphatic carbocycles. The van der Waals surface area contributed by atoms with E-state index in [2.05, 4.69) is 73.6 Å². The van der Waals surface area contributed by atoms with Crippen molar-refractivity contribution in [2.24, 2.45) is 4.99 Å². The third-order valence-electron chi connectivity index (χ3n) is 4.69. The van der Waals surface area contributed by atoms with Gasteiger partial charge in [0.1, 0.15) is 5.84 Å². The number of rotatable bonds is 4. The van der Waals surface area contributed by atoms with Crippen LogP contribution in [-0.4, -0.2) is 11.1 Å². The van der Waals surface area contributed by atoms with Gasteiger partial charge in [-0.3, -0.25) is 4.31 Å². The van der Waals surface area contributed by atoms with Crippen molar-refractivity contribution in [3.8, 4) is 0 Å². The fourth-order valence-electron chi connectivity index (χ4n) is 3.18. The van der Waals surface area contributed by atoms with Crippen molar-refractivity contribution < 1.29 is 0 Å². The number of anilines is 1. The fraction of sp³-hybridized carbons (Fsp3) is 0.409. The predicted octanol–water partition coefficient (Wildman–Crippen LogP) is 6.84. The Morgan fingerprint density at radius 1 is 0.880 bits per heavy atom. The summed E-state index contributed by atoms with van der Waals surface area (Å²) < 4.78 is 2.33. The highest BCUT2D eigenvalue weighted by Crippen LogP contribution is 2.34. The summed E-state index contributed by atoms with van der Waals surface area (Å²) in [6, 6.07) is 17.2. The van der Waals surface area contributed by atoms with Gasteiger partial charge >= 0.3 is 0 Å². The molecule has 132 valence electrons. The number of amidine groups is 1. The van der Waals surface area contributed by atoms with Gasteiger partial charge in [0, 0.05) is 5.25 Å². The largest absolute Gasteiger partial charge is 0.272 e. The summed E-state index contributed by atoms with van der Waals surface area (Å²) in [5.41, 5.74) is 4.79. The molecule has 0 N–H and O–H groups in total. The molecule has 1 fully saturated rings. The van der Waals surface area contributed by atoms with E-state index in [4.69, 9.17) is 4.99 Å². The van der Waals surface area contributed by atoms with Gasteiger partial charge in [0.15, 0.2) is 0 Å². The molecule has 1 saturated carbocycles. The van der Waals surface area contributed by atoms with Crippen LogP contribution in [0, 0.1) is 13.8 Å². The van der Waals surface area contributed by atoms with Crippen molar-refractivity contribution in [3.05, 3.63) is 59.7 Å². The zero-order valence-electron chi connectivity index (χ0n) is 15.5. The first kappa shape index (κ1) is 18.1. The molecule has 0 heterocycles. The minimum Gasteiger partial charge on any atom is -0.272 e. The summed E-state index contributed by atoms with van der Waals surface area (Å²) in [7, 11) is 0. The van der Waals surface area contributed by atoms with E-state index in [9.17, 15) is 0 Å². The fourth-order valence-corrected chi connectivity index (χ4v) is 4.45. The second-order valence-corrected chi connectivity index (χ2v) is 8.23. The van der Waals surface area contributed by atoms with Crippen molar-refractivity contribution in [3.63, 3.8) is 0 Å². The second-order valence-electron chi connectivity index (χ2n) is 6.99.